The SMILES string of the molecule is CC(C(=O)NCc1ccc(OC(F)(F)F)cc1)C(N)c1ccccc1.Cl. The van der Waals surface area contributed by atoms with E-state index in [-0.39, 0.29) is 30.6 Å². The van der Waals surface area contributed by atoms with Crippen molar-refractivity contribution in [2.75, 3.05) is 0 Å². The van der Waals surface area contributed by atoms with Gasteiger partial charge in [0, 0.05) is 12.6 Å². The Balaban J connectivity index is 0.00000338. The lowest BCUT2D eigenvalue weighted by Crippen LogP contribution is -2.35. The molecule has 0 aromatic heterocycles. The van der Waals surface area contributed by atoms with Crippen LogP contribution in [0.25, 0.3) is 0 Å². The highest BCUT2D eigenvalue weighted by molar-refractivity contribution is 5.85. The van der Waals surface area contributed by atoms with Crippen LogP contribution in [0.15, 0.2) is 54.6 Å². The van der Waals surface area contributed by atoms with Crippen molar-refractivity contribution in [3.05, 3.63) is 65.7 Å². The van der Waals surface area contributed by atoms with Crippen molar-refractivity contribution in [3.8, 4) is 5.75 Å². The van der Waals surface area contributed by atoms with E-state index in [1.54, 1.807) is 6.92 Å². The van der Waals surface area contributed by atoms with Crippen molar-refractivity contribution in [3.63, 3.8) is 0 Å². The number of rotatable bonds is 6. The molecule has 4 nitrogen and oxygen atoms in total. The summed E-state index contributed by atoms with van der Waals surface area (Å²) in [6, 6.07) is 14.2. The minimum Gasteiger partial charge on any atom is -0.406 e. The third-order valence-electron chi connectivity index (χ3n) is 3.76. The number of nitrogens with one attached hydrogen (secondary N) is 1. The van der Waals surface area contributed by atoms with Gasteiger partial charge < -0.3 is 15.8 Å². The largest absolute Gasteiger partial charge is 0.573 e. The van der Waals surface area contributed by atoms with Crippen molar-refractivity contribution in [2.45, 2.75) is 25.9 Å². The van der Waals surface area contributed by atoms with Crippen molar-refractivity contribution < 1.29 is 22.7 Å². The molecular formula is C18H20ClF3N2O2. The van der Waals surface area contributed by atoms with Crippen LogP contribution in [-0.2, 0) is 11.3 Å². The maximum Gasteiger partial charge on any atom is 0.573 e. The van der Waals surface area contributed by atoms with Gasteiger partial charge in [-0.3, -0.25) is 4.79 Å². The summed E-state index contributed by atoms with van der Waals surface area (Å²) in [4.78, 5) is 12.2. The number of benzene rings is 2. The van der Waals surface area contributed by atoms with E-state index in [9.17, 15) is 18.0 Å². The molecule has 0 radical (unpaired) electrons. The van der Waals surface area contributed by atoms with E-state index in [1.165, 1.54) is 24.3 Å². The first-order valence-electron chi connectivity index (χ1n) is 7.69. The predicted molar refractivity (Wildman–Crippen MR) is 94.8 cm³/mol. The summed E-state index contributed by atoms with van der Waals surface area (Å²) in [6.07, 6.45) is -4.72. The number of hydrogen-bond donors (Lipinski definition) is 2. The molecule has 142 valence electrons. The predicted octanol–water partition coefficient (Wildman–Crippen LogP) is 3.96. The molecule has 0 saturated heterocycles. The highest BCUT2D eigenvalue weighted by atomic mass is 35.5. The van der Waals surface area contributed by atoms with Gasteiger partial charge in [-0.15, -0.1) is 25.6 Å². The summed E-state index contributed by atoms with van der Waals surface area (Å²) in [5.74, 6) is -0.982. The van der Waals surface area contributed by atoms with Gasteiger partial charge in [0.1, 0.15) is 5.75 Å². The summed E-state index contributed by atoms with van der Waals surface area (Å²) < 4.78 is 40.1. The zero-order valence-electron chi connectivity index (χ0n) is 14.0. The second-order valence-electron chi connectivity index (χ2n) is 5.63. The lowest BCUT2D eigenvalue weighted by Gasteiger charge is -2.20. The van der Waals surface area contributed by atoms with Crippen LogP contribution in [0.1, 0.15) is 24.1 Å². The molecule has 0 saturated carbocycles. The van der Waals surface area contributed by atoms with Gasteiger partial charge >= 0.3 is 6.36 Å². The molecule has 0 bridgehead atoms. The van der Waals surface area contributed by atoms with Gasteiger partial charge in [-0.25, -0.2) is 0 Å². The zero-order valence-corrected chi connectivity index (χ0v) is 14.8. The molecule has 1 amide bonds. The highest BCUT2D eigenvalue weighted by Crippen LogP contribution is 2.23. The molecular weight excluding hydrogens is 369 g/mol. The lowest BCUT2D eigenvalue weighted by molar-refractivity contribution is -0.274. The van der Waals surface area contributed by atoms with Gasteiger partial charge in [0.05, 0.1) is 5.92 Å². The van der Waals surface area contributed by atoms with Crippen LogP contribution in [0.4, 0.5) is 13.2 Å². The number of alkyl halides is 3. The molecule has 2 aromatic rings. The van der Waals surface area contributed by atoms with Gasteiger partial charge in [-0.05, 0) is 23.3 Å². The molecule has 2 rings (SSSR count). The van der Waals surface area contributed by atoms with Crippen LogP contribution in [0.5, 0.6) is 5.75 Å². The number of nitrogens with two attached hydrogens (primary N) is 1. The van der Waals surface area contributed by atoms with Gasteiger partial charge in [0.25, 0.3) is 0 Å². The molecule has 3 N–H and O–H groups in total. The Morgan fingerprint density at radius 2 is 1.69 bits per heavy atom. The van der Waals surface area contributed by atoms with Gasteiger partial charge in [0.2, 0.25) is 5.91 Å². The number of carbonyl (C=O) groups excluding carboxylic acids is 1. The van der Waals surface area contributed by atoms with Gasteiger partial charge in [0.15, 0.2) is 0 Å². The molecule has 26 heavy (non-hydrogen) atoms. The third-order valence-corrected chi connectivity index (χ3v) is 3.76. The van der Waals surface area contributed by atoms with E-state index >= 15 is 0 Å². The fraction of sp³-hybridized carbons (Fsp3) is 0.278. The average Bonchev–Trinajstić information content (AvgIpc) is 2.59. The Labute approximate surface area is 155 Å². The van der Waals surface area contributed by atoms with E-state index in [0.29, 0.717) is 5.56 Å². The van der Waals surface area contributed by atoms with Crippen LogP contribution >= 0.6 is 12.4 Å². The molecule has 8 heteroatoms. The van der Waals surface area contributed by atoms with E-state index in [0.717, 1.165) is 5.56 Å². The fourth-order valence-corrected chi connectivity index (χ4v) is 2.29. The summed E-state index contributed by atoms with van der Waals surface area (Å²) >= 11 is 0. The number of carbonyl (C=O) groups is 1. The topological polar surface area (TPSA) is 64.3 Å². The van der Waals surface area contributed by atoms with E-state index in [4.69, 9.17) is 5.73 Å². The first-order chi connectivity index (χ1) is 11.8. The minimum atomic E-state index is -4.72. The third kappa shape index (κ3) is 6.57. The van der Waals surface area contributed by atoms with Crippen LogP contribution in [-0.4, -0.2) is 12.3 Å². The standard InChI is InChI=1S/C18H19F3N2O2.ClH/c1-12(16(22)14-5-3-2-4-6-14)17(24)23-11-13-7-9-15(10-8-13)25-18(19,20)21;/h2-10,12,16H,11,22H2,1H3,(H,23,24);1H. The van der Waals surface area contributed by atoms with Crippen LogP contribution in [0, 0.1) is 5.92 Å². The Kier molecular flexibility index (Phi) is 7.92. The Morgan fingerprint density at radius 1 is 1.12 bits per heavy atom. The van der Waals surface area contributed by atoms with Crippen molar-refractivity contribution in [1.29, 1.82) is 0 Å². The number of hydrogen-bond acceptors (Lipinski definition) is 3. The lowest BCUT2D eigenvalue weighted by atomic mass is 9.94. The van der Waals surface area contributed by atoms with Crippen LogP contribution < -0.4 is 15.8 Å². The summed E-state index contributed by atoms with van der Waals surface area (Å²) in [5, 5.41) is 2.74. The molecule has 0 aliphatic rings. The Bertz CT molecular complexity index is 694. The molecule has 0 heterocycles. The second kappa shape index (κ2) is 9.45. The van der Waals surface area contributed by atoms with Gasteiger partial charge in [-0.1, -0.05) is 49.4 Å². The monoisotopic (exact) mass is 388 g/mol. The summed E-state index contributed by atoms with van der Waals surface area (Å²) in [5.41, 5.74) is 7.62. The number of ether oxygens (including phenoxy) is 1. The van der Waals surface area contributed by atoms with Gasteiger partial charge in [-0.2, -0.15) is 0 Å². The van der Waals surface area contributed by atoms with Crippen LogP contribution in [0.2, 0.25) is 0 Å². The first-order valence-corrected chi connectivity index (χ1v) is 7.69. The maximum atomic E-state index is 12.2. The smallest absolute Gasteiger partial charge is 0.406 e. The van der Waals surface area contributed by atoms with Crippen molar-refractivity contribution in [1.82, 2.24) is 5.32 Å². The molecule has 2 unspecified atom stereocenters. The van der Waals surface area contributed by atoms with E-state index in [1.807, 2.05) is 30.3 Å². The zero-order chi connectivity index (χ0) is 18.4. The van der Waals surface area contributed by atoms with Crippen LogP contribution in [0.3, 0.4) is 0 Å². The number of amides is 1. The highest BCUT2D eigenvalue weighted by Gasteiger charge is 2.31. The van der Waals surface area contributed by atoms with Crippen molar-refractivity contribution >= 4 is 18.3 Å². The molecule has 0 fully saturated rings. The normalized spacial score (nSPS) is 13.3. The molecule has 0 aliphatic heterocycles. The number of halogens is 4. The quantitative estimate of drug-likeness (QED) is 0.787. The Hall–Kier alpha value is -2.25. The summed E-state index contributed by atoms with van der Waals surface area (Å²) in [6.45, 7) is 1.92. The van der Waals surface area contributed by atoms with E-state index in [2.05, 4.69) is 10.1 Å². The summed E-state index contributed by atoms with van der Waals surface area (Å²) in [7, 11) is 0. The molecule has 2 atom stereocenters. The molecule has 2 aromatic carbocycles. The Morgan fingerprint density at radius 3 is 2.23 bits per heavy atom. The van der Waals surface area contributed by atoms with E-state index < -0.39 is 18.3 Å². The second-order valence-corrected chi connectivity index (χ2v) is 5.63. The molecule has 0 spiro atoms. The maximum absolute atomic E-state index is 12.2. The first kappa shape index (κ1) is 21.8. The fourth-order valence-electron chi connectivity index (χ4n) is 2.29. The molecule has 0 aliphatic carbocycles. The average molecular weight is 389 g/mol. The minimum absolute atomic E-state index is 0. The van der Waals surface area contributed by atoms with Crippen molar-refractivity contribution in [2.24, 2.45) is 11.7 Å².